The SMILES string of the molecule is CC(C)CCCCCCC(C=O)CCCCC(C)C. The standard InChI is InChI=1S/C18H36O/c1-16(2)11-7-5-6-8-13-18(15-19)14-10-9-12-17(3)4/h15-18H,5-14H2,1-4H3. The van der Waals surface area contributed by atoms with Crippen LogP contribution < -0.4 is 0 Å². The first-order valence-corrected chi connectivity index (χ1v) is 8.51. The molecule has 0 aliphatic heterocycles. The molecular weight excluding hydrogens is 232 g/mol. The second kappa shape index (κ2) is 12.7. The van der Waals surface area contributed by atoms with Crippen molar-refractivity contribution in [1.82, 2.24) is 0 Å². The van der Waals surface area contributed by atoms with E-state index in [4.69, 9.17) is 0 Å². The molecule has 0 saturated heterocycles. The highest BCUT2D eigenvalue weighted by atomic mass is 16.1. The van der Waals surface area contributed by atoms with Crippen LogP contribution in [-0.2, 0) is 4.79 Å². The Morgan fingerprint density at radius 1 is 0.632 bits per heavy atom. The second-order valence-electron chi connectivity index (χ2n) is 6.96. The highest BCUT2D eigenvalue weighted by molar-refractivity contribution is 5.53. The van der Waals surface area contributed by atoms with Gasteiger partial charge in [-0.05, 0) is 24.7 Å². The van der Waals surface area contributed by atoms with Gasteiger partial charge in [0.1, 0.15) is 6.29 Å². The van der Waals surface area contributed by atoms with Crippen molar-refractivity contribution in [2.45, 2.75) is 91.9 Å². The maximum absolute atomic E-state index is 11.0. The van der Waals surface area contributed by atoms with Crippen molar-refractivity contribution in [3.8, 4) is 0 Å². The van der Waals surface area contributed by atoms with Crippen LogP contribution in [-0.4, -0.2) is 6.29 Å². The molecule has 0 aromatic heterocycles. The van der Waals surface area contributed by atoms with E-state index in [1.165, 1.54) is 57.7 Å². The molecule has 1 nitrogen and oxygen atoms in total. The third-order valence-corrected chi connectivity index (χ3v) is 3.91. The third kappa shape index (κ3) is 13.9. The van der Waals surface area contributed by atoms with Gasteiger partial charge in [-0.2, -0.15) is 0 Å². The molecule has 1 unspecified atom stereocenters. The molecule has 114 valence electrons. The average Bonchev–Trinajstić information content (AvgIpc) is 2.35. The monoisotopic (exact) mass is 268 g/mol. The van der Waals surface area contributed by atoms with Gasteiger partial charge in [0.05, 0.1) is 0 Å². The maximum Gasteiger partial charge on any atom is 0.123 e. The molecule has 0 aliphatic carbocycles. The van der Waals surface area contributed by atoms with Crippen LogP contribution in [0.15, 0.2) is 0 Å². The summed E-state index contributed by atoms with van der Waals surface area (Å²) < 4.78 is 0. The van der Waals surface area contributed by atoms with Crippen LogP contribution >= 0.6 is 0 Å². The number of rotatable bonds is 13. The number of aldehydes is 1. The van der Waals surface area contributed by atoms with Crippen LogP contribution in [0.25, 0.3) is 0 Å². The number of unbranched alkanes of at least 4 members (excludes halogenated alkanes) is 4. The van der Waals surface area contributed by atoms with Crippen LogP contribution in [0.5, 0.6) is 0 Å². The average molecular weight is 268 g/mol. The lowest BCUT2D eigenvalue weighted by Crippen LogP contribution is -2.02. The number of hydrogen-bond donors (Lipinski definition) is 0. The van der Waals surface area contributed by atoms with Crippen molar-refractivity contribution in [2.24, 2.45) is 17.8 Å². The van der Waals surface area contributed by atoms with Gasteiger partial charge in [0.25, 0.3) is 0 Å². The molecule has 0 aromatic rings. The first kappa shape index (κ1) is 18.7. The smallest absolute Gasteiger partial charge is 0.123 e. The summed E-state index contributed by atoms with van der Waals surface area (Å²) in [6, 6.07) is 0. The van der Waals surface area contributed by atoms with E-state index in [1.807, 2.05) is 0 Å². The van der Waals surface area contributed by atoms with Gasteiger partial charge in [0, 0.05) is 5.92 Å². The zero-order valence-corrected chi connectivity index (χ0v) is 13.8. The molecule has 1 atom stereocenters. The van der Waals surface area contributed by atoms with Crippen molar-refractivity contribution in [2.75, 3.05) is 0 Å². The van der Waals surface area contributed by atoms with E-state index in [0.717, 1.165) is 24.7 Å². The number of carbonyl (C=O) groups excluding carboxylic acids is 1. The van der Waals surface area contributed by atoms with Gasteiger partial charge in [-0.1, -0.05) is 79.1 Å². The van der Waals surface area contributed by atoms with Gasteiger partial charge in [-0.15, -0.1) is 0 Å². The Bertz CT molecular complexity index is 196. The number of hydrogen-bond acceptors (Lipinski definition) is 1. The Labute approximate surface area is 121 Å². The molecule has 0 bridgehead atoms. The summed E-state index contributed by atoms with van der Waals surface area (Å²) in [7, 11) is 0. The van der Waals surface area contributed by atoms with E-state index in [1.54, 1.807) is 0 Å². The van der Waals surface area contributed by atoms with E-state index in [0.29, 0.717) is 5.92 Å². The summed E-state index contributed by atoms with van der Waals surface area (Å²) in [5.41, 5.74) is 0. The fraction of sp³-hybridized carbons (Fsp3) is 0.944. The molecule has 0 amide bonds. The third-order valence-electron chi connectivity index (χ3n) is 3.91. The molecule has 0 heterocycles. The summed E-state index contributed by atoms with van der Waals surface area (Å²) in [6.45, 7) is 9.13. The van der Waals surface area contributed by atoms with Crippen molar-refractivity contribution >= 4 is 6.29 Å². The fourth-order valence-electron chi connectivity index (χ4n) is 2.55. The molecule has 0 radical (unpaired) electrons. The first-order valence-electron chi connectivity index (χ1n) is 8.51. The predicted molar refractivity (Wildman–Crippen MR) is 85.4 cm³/mol. The molecule has 0 saturated carbocycles. The molecule has 0 N–H and O–H groups in total. The molecule has 1 heteroatoms. The van der Waals surface area contributed by atoms with Crippen molar-refractivity contribution < 1.29 is 4.79 Å². The summed E-state index contributed by atoms with van der Waals surface area (Å²) in [5, 5.41) is 0. The Morgan fingerprint density at radius 2 is 1.00 bits per heavy atom. The summed E-state index contributed by atoms with van der Waals surface area (Å²) >= 11 is 0. The maximum atomic E-state index is 11.0. The minimum absolute atomic E-state index is 0.331. The minimum atomic E-state index is 0.331. The van der Waals surface area contributed by atoms with Gasteiger partial charge in [-0.25, -0.2) is 0 Å². The minimum Gasteiger partial charge on any atom is -0.303 e. The van der Waals surface area contributed by atoms with Gasteiger partial charge in [0.2, 0.25) is 0 Å². The molecule has 0 aliphatic rings. The lowest BCUT2D eigenvalue weighted by Gasteiger charge is -2.11. The van der Waals surface area contributed by atoms with E-state index in [2.05, 4.69) is 27.7 Å². The lowest BCUT2D eigenvalue weighted by molar-refractivity contribution is -0.111. The Morgan fingerprint density at radius 3 is 1.42 bits per heavy atom. The van der Waals surface area contributed by atoms with Crippen LogP contribution in [0.4, 0.5) is 0 Å². The van der Waals surface area contributed by atoms with Crippen LogP contribution in [0.1, 0.15) is 91.9 Å². The van der Waals surface area contributed by atoms with Crippen molar-refractivity contribution in [3.05, 3.63) is 0 Å². The van der Waals surface area contributed by atoms with E-state index in [9.17, 15) is 4.79 Å². The zero-order chi connectivity index (χ0) is 14.5. The van der Waals surface area contributed by atoms with Crippen LogP contribution in [0.2, 0.25) is 0 Å². The van der Waals surface area contributed by atoms with Gasteiger partial charge >= 0.3 is 0 Å². The van der Waals surface area contributed by atoms with Crippen molar-refractivity contribution in [1.29, 1.82) is 0 Å². The van der Waals surface area contributed by atoms with Gasteiger partial charge in [-0.3, -0.25) is 0 Å². The van der Waals surface area contributed by atoms with Gasteiger partial charge in [0.15, 0.2) is 0 Å². The van der Waals surface area contributed by atoms with E-state index >= 15 is 0 Å². The largest absolute Gasteiger partial charge is 0.303 e. The Hall–Kier alpha value is -0.330. The Balaban J connectivity index is 3.41. The van der Waals surface area contributed by atoms with Crippen LogP contribution in [0.3, 0.4) is 0 Å². The second-order valence-corrected chi connectivity index (χ2v) is 6.96. The molecule has 0 aromatic carbocycles. The highest BCUT2D eigenvalue weighted by Crippen LogP contribution is 2.18. The first-order chi connectivity index (χ1) is 9.06. The Kier molecular flexibility index (Phi) is 12.5. The summed E-state index contributed by atoms with van der Waals surface area (Å²) in [5.74, 6) is 1.97. The molecule has 0 fully saturated rings. The zero-order valence-electron chi connectivity index (χ0n) is 13.8. The van der Waals surface area contributed by atoms with Crippen molar-refractivity contribution in [3.63, 3.8) is 0 Å². The quantitative estimate of drug-likeness (QED) is 0.295. The summed E-state index contributed by atoms with van der Waals surface area (Å²) in [4.78, 5) is 11.0. The van der Waals surface area contributed by atoms with E-state index in [-0.39, 0.29) is 0 Å². The highest BCUT2D eigenvalue weighted by Gasteiger charge is 2.07. The molecular formula is C18H36O. The predicted octanol–water partition coefficient (Wildman–Crippen LogP) is 6.01. The normalized spacial score (nSPS) is 13.2. The fourth-order valence-corrected chi connectivity index (χ4v) is 2.55. The number of carbonyl (C=O) groups is 1. The molecule has 19 heavy (non-hydrogen) atoms. The summed E-state index contributed by atoms with van der Waals surface area (Å²) in [6.07, 6.45) is 13.9. The van der Waals surface area contributed by atoms with E-state index < -0.39 is 0 Å². The molecule has 0 spiro atoms. The van der Waals surface area contributed by atoms with Gasteiger partial charge < -0.3 is 4.79 Å². The molecule has 0 rings (SSSR count). The lowest BCUT2D eigenvalue weighted by atomic mass is 9.94. The topological polar surface area (TPSA) is 17.1 Å². The van der Waals surface area contributed by atoms with Crippen LogP contribution in [0, 0.1) is 17.8 Å².